The van der Waals surface area contributed by atoms with Crippen LogP contribution in [0.2, 0.25) is 0 Å². The average molecular weight is 315 g/mol. The summed E-state index contributed by atoms with van der Waals surface area (Å²) in [5.74, 6) is -0.403. The van der Waals surface area contributed by atoms with Gasteiger partial charge >= 0.3 is 6.18 Å². The van der Waals surface area contributed by atoms with Crippen LogP contribution in [-0.4, -0.2) is 8.42 Å². The van der Waals surface area contributed by atoms with E-state index in [1.807, 2.05) is 0 Å². The van der Waals surface area contributed by atoms with Gasteiger partial charge in [-0.15, -0.1) is 0 Å². The Morgan fingerprint density at radius 2 is 1.67 bits per heavy atom. The molecule has 0 amide bonds. The first kappa shape index (κ1) is 15.4. The van der Waals surface area contributed by atoms with E-state index < -0.39 is 27.3 Å². The van der Waals surface area contributed by atoms with Crippen molar-refractivity contribution in [2.75, 3.05) is 5.73 Å². The van der Waals surface area contributed by atoms with Crippen LogP contribution < -0.4 is 5.73 Å². The smallest absolute Gasteiger partial charge is 0.399 e. The number of nitrogens with two attached hydrogens (primary N) is 1. The lowest BCUT2D eigenvalue weighted by Crippen LogP contribution is -2.09. The van der Waals surface area contributed by atoms with Gasteiger partial charge in [0.15, 0.2) is 9.84 Å². The first-order valence-electron chi connectivity index (χ1n) is 5.93. The quantitative estimate of drug-likeness (QED) is 0.884. The van der Waals surface area contributed by atoms with E-state index in [0.29, 0.717) is 17.3 Å². The van der Waals surface area contributed by atoms with Gasteiger partial charge in [-0.3, -0.25) is 0 Å². The van der Waals surface area contributed by atoms with Gasteiger partial charge in [0.1, 0.15) is 0 Å². The molecule has 0 fully saturated rings. The van der Waals surface area contributed by atoms with Gasteiger partial charge in [0.05, 0.1) is 16.2 Å². The third-order valence-corrected chi connectivity index (χ3v) is 4.51. The van der Waals surface area contributed by atoms with Crippen LogP contribution in [0.4, 0.5) is 18.9 Å². The van der Waals surface area contributed by atoms with Crippen molar-refractivity contribution in [3.63, 3.8) is 0 Å². The van der Waals surface area contributed by atoms with Gasteiger partial charge in [0, 0.05) is 5.69 Å². The van der Waals surface area contributed by atoms with Crippen LogP contribution in [-0.2, 0) is 21.8 Å². The normalized spacial score (nSPS) is 12.3. The second-order valence-electron chi connectivity index (χ2n) is 4.53. The molecule has 0 radical (unpaired) electrons. The van der Waals surface area contributed by atoms with E-state index in [0.717, 1.165) is 18.2 Å². The van der Waals surface area contributed by atoms with Crippen molar-refractivity contribution < 1.29 is 21.6 Å². The lowest BCUT2D eigenvalue weighted by atomic mass is 10.2. The molecule has 7 heteroatoms. The number of alkyl halides is 3. The Labute approximate surface area is 120 Å². The molecule has 0 aliphatic heterocycles. The third-order valence-electron chi connectivity index (χ3n) is 2.83. The molecule has 0 saturated carbocycles. The highest BCUT2D eigenvalue weighted by Gasteiger charge is 2.31. The van der Waals surface area contributed by atoms with E-state index in [1.165, 1.54) is 6.07 Å². The summed E-state index contributed by atoms with van der Waals surface area (Å²) in [6.07, 6.45) is -4.58. The molecule has 0 bridgehead atoms. The summed E-state index contributed by atoms with van der Waals surface area (Å²) in [6.45, 7) is 0. The molecule has 0 unspecified atom stereocenters. The monoisotopic (exact) mass is 315 g/mol. The van der Waals surface area contributed by atoms with Gasteiger partial charge < -0.3 is 5.73 Å². The SMILES string of the molecule is Nc1cccc(CS(=O)(=O)c2cccc(C(F)(F)F)c2)c1. The van der Waals surface area contributed by atoms with Crippen LogP contribution in [0.25, 0.3) is 0 Å². The lowest BCUT2D eigenvalue weighted by molar-refractivity contribution is -0.137. The third kappa shape index (κ3) is 3.75. The lowest BCUT2D eigenvalue weighted by Gasteiger charge is -2.09. The fourth-order valence-electron chi connectivity index (χ4n) is 1.85. The summed E-state index contributed by atoms with van der Waals surface area (Å²) in [5.41, 5.74) is 5.38. The highest BCUT2D eigenvalue weighted by molar-refractivity contribution is 7.90. The number of anilines is 1. The van der Waals surface area contributed by atoms with E-state index in [4.69, 9.17) is 5.73 Å². The molecule has 2 N–H and O–H groups in total. The van der Waals surface area contributed by atoms with E-state index >= 15 is 0 Å². The Kier molecular flexibility index (Phi) is 3.95. The molecule has 0 aliphatic carbocycles. The molecule has 0 spiro atoms. The predicted molar refractivity (Wildman–Crippen MR) is 73.2 cm³/mol. The van der Waals surface area contributed by atoms with Crippen molar-refractivity contribution in [1.82, 2.24) is 0 Å². The van der Waals surface area contributed by atoms with E-state index in [-0.39, 0.29) is 4.90 Å². The molecule has 21 heavy (non-hydrogen) atoms. The van der Waals surface area contributed by atoms with Crippen LogP contribution >= 0.6 is 0 Å². The summed E-state index contributed by atoms with van der Waals surface area (Å²) in [7, 11) is -3.87. The first-order valence-corrected chi connectivity index (χ1v) is 7.58. The molecule has 2 aromatic rings. The number of benzene rings is 2. The Balaban J connectivity index is 2.36. The molecule has 2 aromatic carbocycles. The summed E-state index contributed by atoms with van der Waals surface area (Å²) in [4.78, 5) is -0.361. The van der Waals surface area contributed by atoms with Gasteiger partial charge in [0.25, 0.3) is 0 Å². The van der Waals surface area contributed by atoms with Crippen LogP contribution in [0.1, 0.15) is 11.1 Å². The predicted octanol–water partition coefficient (Wildman–Crippen LogP) is 3.26. The van der Waals surface area contributed by atoms with Crippen molar-refractivity contribution in [3.8, 4) is 0 Å². The van der Waals surface area contributed by atoms with Crippen molar-refractivity contribution >= 4 is 15.5 Å². The average Bonchev–Trinajstić information content (AvgIpc) is 2.37. The Hall–Kier alpha value is -2.02. The van der Waals surface area contributed by atoms with Gasteiger partial charge in [0.2, 0.25) is 0 Å². The second kappa shape index (κ2) is 5.40. The molecule has 0 aliphatic rings. The van der Waals surface area contributed by atoms with Crippen molar-refractivity contribution in [1.29, 1.82) is 0 Å². The zero-order chi connectivity index (χ0) is 15.7. The highest BCUT2D eigenvalue weighted by atomic mass is 32.2. The minimum atomic E-state index is -4.58. The fraction of sp³-hybridized carbons (Fsp3) is 0.143. The Bertz CT molecular complexity index is 755. The molecule has 0 atom stereocenters. The van der Waals surface area contributed by atoms with Crippen molar-refractivity contribution in [3.05, 3.63) is 59.7 Å². The standard InChI is InChI=1S/C14H12F3NO2S/c15-14(16,17)11-4-2-6-13(8-11)21(19,20)9-10-3-1-5-12(18)7-10/h1-8H,9,18H2. The van der Waals surface area contributed by atoms with E-state index in [1.54, 1.807) is 18.2 Å². The maximum atomic E-state index is 12.6. The van der Waals surface area contributed by atoms with E-state index in [2.05, 4.69) is 0 Å². The van der Waals surface area contributed by atoms with Gasteiger partial charge in [-0.2, -0.15) is 13.2 Å². The topological polar surface area (TPSA) is 60.2 Å². The van der Waals surface area contributed by atoms with Gasteiger partial charge in [-0.25, -0.2) is 8.42 Å². The van der Waals surface area contributed by atoms with Gasteiger partial charge in [-0.05, 0) is 35.9 Å². The highest BCUT2D eigenvalue weighted by Crippen LogP contribution is 2.31. The molecule has 2 rings (SSSR count). The maximum absolute atomic E-state index is 12.6. The first-order chi connectivity index (χ1) is 9.68. The minimum Gasteiger partial charge on any atom is -0.399 e. The maximum Gasteiger partial charge on any atom is 0.416 e. The van der Waals surface area contributed by atoms with Crippen LogP contribution in [0.15, 0.2) is 53.4 Å². The van der Waals surface area contributed by atoms with Crippen molar-refractivity contribution in [2.24, 2.45) is 0 Å². The Morgan fingerprint density at radius 1 is 1.00 bits per heavy atom. The number of halogens is 3. The van der Waals surface area contributed by atoms with Crippen molar-refractivity contribution in [2.45, 2.75) is 16.8 Å². The zero-order valence-electron chi connectivity index (χ0n) is 10.8. The number of rotatable bonds is 3. The van der Waals surface area contributed by atoms with Crippen LogP contribution in [0.3, 0.4) is 0 Å². The summed E-state index contributed by atoms with van der Waals surface area (Å²) < 4.78 is 62.2. The second-order valence-corrected chi connectivity index (χ2v) is 6.52. The molecule has 0 saturated heterocycles. The zero-order valence-corrected chi connectivity index (χ0v) is 11.6. The molecule has 3 nitrogen and oxygen atoms in total. The largest absolute Gasteiger partial charge is 0.416 e. The molecule has 112 valence electrons. The number of sulfone groups is 1. The summed E-state index contributed by atoms with van der Waals surface area (Å²) in [5, 5.41) is 0. The minimum absolute atomic E-state index is 0.361. The van der Waals surface area contributed by atoms with E-state index in [9.17, 15) is 21.6 Å². The molecule has 0 heterocycles. The molecular formula is C14H12F3NO2S. The Morgan fingerprint density at radius 3 is 2.29 bits per heavy atom. The fourth-order valence-corrected chi connectivity index (χ4v) is 3.23. The summed E-state index contributed by atoms with van der Waals surface area (Å²) in [6, 6.07) is 9.92. The van der Waals surface area contributed by atoms with Gasteiger partial charge in [-0.1, -0.05) is 18.2 Å². The summed E-state index contributed by atoms with van der Waals surface area (Å²) >= 11 is 0. The molecular weight excluding hydrogens is 303 g/mol. The molecule has 0 aromatic heterocycles. The number of nitrogen functional groups attached to an aromatic ring is 1. The van der Waals surface area contributed by atoms with Crippen LogP contribution in [0.5, 0.6) is 0 Å². The van der Waals surface area contributed by atoms with Crippen LogP contribution in [0, 0.1) is 0 Å². The number of hydrogen-bond acceptors (Lipinski definition) is 3. The number of hydrogen-bond donors (Lipinski definition) is 1.